The van der Waals surface area contributed by atoms with E-state index >= 15 is 0 Å². The zero-order chi connectivity index (χ0) is 26.7. The summed E-state index contributed by atoms with van der Waals surface area (Å²) in [7, 11) is 1.25. The Bertz CT molecular complexity index is 332. The van der Waals surface area contributed by atoms with Crippen LogP contribution in [0.3, 0.4) is 0 Å². The zero-order valence-electron chi connectivity index (χ0n) is 26.5. The summed E-state index contributed by atoms with van der Waals surface area (Å²) in [5.41, 5.74) is 0. The number of rotatable bonds is 34. The molecule has 37 heavy (non-hydrogen) atoms. The molecule has 0 nitrogen and oxygen atoms in total. The largest absolute Gasteiger partial charge is 0.0654 e. The molecule has 0 unspecified atom stereocenters. The van der Waals surface area contributed by atoms with Crippen molar-refractivity contribution in [1.29, 1.82) is 0 Å². The van der Waals surface area contributed by atoms with Crippen molar-refractivity contribution in [3.8, 4) is 0 Å². The zero-order valence-corrected chi connectivity index (χ0v) is 27.5. The Kier molecular flexibility index (Phi) is 36.4. The molecule has 222 valence electrons. The summed E-state index contributed by atoms with van der Waals surface area (Å²) in [6.07, 6.45) is 47.5. The van der Waals surface area contributed by atoms with Crippen LogP contribution >= 0.6 is 0 Å². The molecule has 0 fully saturated rings. The van der Waals surface area contributed by atoms with Crippen molar-refractivity contribution < 1.29 is 0 Å². The van der Waals surface area contributed by atoms with Gasteiger partial charge in [0.25, 0.3) is 0 Å². The highest BCUT2D eigenvalue weighted by atomic mass is 28.2. The van der Waals surface area contributed by atoms with E-state index in [0.29, 0.717) is 0 Å². The van der Waals surface area contributed by atoms with Crippen LogP contribution in [-0.2, 0) is 0 Å². The van der Waals surface area contributed by atoms with Crippen molar-refractivity contribution in [3.63, 3.8) is 0 Å². The van der Waals surface area contributed by atoms with Crippen molar-refractivity contribution >= 4 is 9.52 Å². The quantitative estimate of drug-likeness (QED) is 0.0568. The van der Waals surface area contributed by atoms with Crippen molar-refractivity contribution in [2.75, 3.05) is 0 Å². The molecule has 0 N–H and O–H groups in total. The molecule has 0 bridgehead atoms. The van der Waals surface area contributed by atoms with E-state index in [1.807, 2.05) is 0 Å². The van der Waals surface area contributed by atoms with Gasteiger partial charge in [0.15, 0.2) is 0 Å². The average molecular weight is 535 g/mol. The maximum atomic E-state index is 2.31. The molecule has 0 spiro atoms. The van der Waals surface area contributed by atoms with E-state index in [1.165, 1.54) is 227 Å². The predicted molar refractivity (Wildman–Crippen MR) is 174 cm³/mol. The van der Waals surface area contributed by atoms with Crippen LogP contribution in [0.5, 0.6) is 0 Å². The lowest BCUT2D eigenvalue weighted by molar-refractivity contribution is 0.531. The van der Waals surface area contributed by atoms with Gasteiger partial charge in [-0.3, -0.25) is 0 Å². The van der Waals surface area contributed by atoms with E-state index in [9.17, 15) is 0 Å². The summed E-state index contributed by atoms with van der Waals surface area (Å²) < 4.78 is 0. The summed E-state index contributed by atoms with van der Waals surface area (Å²) >= 11 is 0. The smallest absolute Gasteiger partial charge is 0.0378 e. The van der Waals surface area contributed by atoms with Gasteiger partial charge in [-0.1, -0.05) is 231 Å². The summed E-state index contributed by atoms with van der Waals surface area (Å²) in [4.78, 5) is 0. The number of unbranched alkanes of at least 4 members (excludes halogenated alkanes) is 30. The highest BCUT2D eigenvalue weighted by Gasteiger charge is 1.97. The second kappa shape index (κ2) is 36.2. The molecule has 0 aromatic carbocycles. The molecule has 1 heteroatoms. The lowest BCUT2D eigenvalue weighted by Crippen LogP contribution is -1.90. The SMILES string of the molecule is CCCCCCCCCCCCCCCCCC[Si]CCCCCCCCCCCCCCCCCC. The van der Waals surface area contributed by atoms with Crippen LogP contribution < -0.4 is 0 Å². The second-order valence-electron chi connectivity index (χ2n) is 12.4. The fourth-order valence-corrected chi connectivity index (χ4v) is 6.97. The first-order valence-corrected chi connectivity index (χ1v) is 19.5. The molecule has 0 aliphatic heterocycles. The van der Waals surface area contributed by atoms with E-state index < -0.39 is 0 Å². The molecule has 0 aromatic rings. The first-order chi connectivity index (χ1) is 18.4. The Morgan fingerprint density at radius 1 is 0.216 bits per heavy atom. The molecule has 0 aliphatic carbocycles. The minimum absolute atomic E-state index is 1.25. The van der Waals surface area contributed by atoms with Crippen molar-refractivity contribution in [1.82, 2.24) is 0 Å². The number of hydrogen-bond donors (Lipinski definition) is 0. The van der Waals surface area contributed by atoms with E-state index in [4.69, 9.17) is 0 Å². The molecule has 0 saturated carbocycles. The first-order valence-electron chi connectivity index (χ1n) is 18.1. The van der Waals surface area contributed by atoms with Gasteiger partial charge >= 0.3 is 0 Å². The van der Waals surface area contributed by atoms with Crippen LogP contribution in [0.25, 0.3) is 0 Å². The summed E-state index contributed by atoms with van der Waals surface area (Å²) in [6, 6.07) is 3.05. The van der Waals surface area contributed by atoms with Gasteiger partial charge in [0.2, 0.25) is 0 Å². The fraction of sp³-hybridized carbons (Fsp3) is 1.00. The highest BCUT2D eigenvalue weighted by Crippen LogP contribution is 2.16. The first kappa shape index (κ1) is 37.2. The van der Waals surface area contributed by atoms with Crippen LogP contribution in [0, 0.1) is 0 Å². The van der Waals surface area contributed by atoms with Gasteiger partial charge in [0.05, 0.1) is 0 Å². The third-order valence-electron chi connectivity index (χ3n) is 8.41. The highest BCUT2D eigenvalue weighted by molar-refractivity contribution is 6.35. The van der Waals surface area contributed by atoms with Crippen molar-refractivity contribution in [2.24, 2.45) is 0 Å². The van der Waals surface area contributed by atoms with Gasteiger partial charge in [0.1, 0.15) is 0 Å². The van der Waals surface area contributed by atoms with E-state index in [0.717, 1.165) is 0 Å². The molecular weight excluding hydrogens is 460 g/mol. The molecule has 0 amide bonds. The standard InChI is InChI=1S/C36H74Si/c1-3-5-7-9-11-13-15-17-19-21-23-25-27-29-31-33-35-37-36-34-32-30-28-26-24-22-20-18-16-14-12-10-8-6-4-2/h3-36H2,1-2H3. The van der Waals surface area contributed by atoms with Gasteiger partial charge in [-0.05, 0) is 0 Å². The van der Waals surface area contributed by atoms with Crippen LogP contribution in [-0.4, -0.2) is 9.52 Å². The fourth-order valence-electron chi connectivity index (χ4n) is 5.72. The molecule has 2 radical (unpaired) electrons. The molecular formula is C36H74Si. The minimum Gasteiger partial charge on any atom is -0.0654 e. The van der Waals surface area contributed by atoms with Gasteiger partial charge in [-0.15, -0.1) is 0 Å². The Hall–Kier alpha value is 0.217. The Balaban J connectivity index is 3.00. The Morgan fingerprint density at radius 2 is 0.378 bits per heavy atom. The third kappa shape index (κ3) is 36.2. The van der Waals surface area contributed by atoms with Gasteiger partial charge in [0, 0.05) is 9.52 Å². The summed E-state index contributed by atoms with van der Waals surface area (Å²) in [5.74, 6) is 0. The molecule has 0 aliphatic rings. The maximum Gasteiger partial charge on any atom is 0.0378 e. The molecule has 0 aromatic heterocycles. The summed E-state index contributed by atoms with van der Waals surface area (Å²) in [6.45, 7) is 4.62. The van der Waals surface area contributed by atoms with Crippen LogP contribution in [0.2, 0.25) is 12.1 Å². The Morgan fingerprint density at radius 3 is 0.568 bits per heavy atom. The van der Waals surface area contributed by atoms with Crippen LogP contribution in [0.1, 0.15) is 219 Å². The summed E-state index contributed by atoms with van der Waals surface area (Å²) in [5, 5.41) is 0. The minimum atomic E-state index is 1.25. The average Bonchev–Trinajstić information content (AvgIpc) is 2.91. The van der Waals surface area contributed by atoms with Crippen LogP contribution in [0.15, 0.2) is 0 Å². The lowest BCUT2D eigenvalue weighted by atomic mass is 10.0. The molecule has 0 heterocycles. The number of hydrogen-bond acceptors (Lipinski definition) is 0. The van der Waals surface area contributed by atoms with Gasteiger partial charge in [-0.2, -0.15) is 0 Å². The van der Waals surface area contributed by atoms with Crippen LogP contribution in [0.4, 0.5) is 0 Å². The lowest BCUT2D eigenvalue weighted by Gasteiger charge is -2.04. The van der Waals surface area contributed by atoms with Gasteiger partial charge < -0.3 is 0 Å². The van der Waals surface area contributed by atoms with E-state index in [-0.39, 0.29) is 0 Å². The van der Waals surface area contributed by atoms with Crippen molar-refractivity contribution in [3.05, 3.63) is 0 Å². The molecule has 0 saturated heterocycles. The van der Waals surface area contributed by atoms with E-state index in [2.05, 4.69) is 13.8 Å². The predicted octanol–water partition coefficient (Wildman–Crippen LogP) is 14.1. The third-order valence-corrected chi connectivity index (χ3v) is 9.83. The molecule has 0 atom stereocenters. The second-order valence-corrected chi connectivity index (χ2v) is 13.9. The Labute approximate surface area is 240 Å². The monoisotopic (exact) mass is 535 g/mol. The van der Waals surface area contributed by atoms with E-state index in [1.54, 1.807) is 0 Å². The van der Waals surface area contributed by atoms with Crippen molar-refractivity contribution in [2.45, 2.75) is 231 Å². The maximum absolute atomic E-state index is 2.31. The van der Waals surface area contributed by atoms with Gasteiger partial charge in [-0.25, -0.2) is 0 Å². The topological polar surface area (TPSA) is 0 Å². The molecule has 0 rings (SSSR count). The normalized spacial score (nSPS) is 11.5.